The summed E-state index contributed by atoms with van der Waals surface area (Å²) >= 11 is 0. The number of anilines is 2. The molecule has 0 aliphatic heterocycles. The highest BCUT2D eigenvalue weighted by atomic mass is 16.5. The van der Waals surface area contributed by atoms with E-state index < -0.39 is 0 Å². The molecule has 6 heteroatoms. The van der Waals surface area contributed by atoms with Crippen LogP contribution in [-0.2, 0) is 0 Å². The molecule has 0 bridgehead atoms. The predicted octanol–water partition coefficient (Wildman–Crippen LogP) is 4.22. The van der Waals surface area contributed by atoms with Crippen molar-refractivity contribution in [1.82, 2.24) is 9.97 Å². The lowest BCUT2D eigenvalue weighted by Gasteiger charge is -2.10. The second kappa shape index (κ2) is 8.40. The normalized spacial score (nSPS) is 10.7. The van der Waals surface area contributed by atoms with Crippen molar-refractivity contribution < 1.29 is 9.47 Å². The molecule has 27 heavy (non-hydrogen) atoms. The lowest BCUT2D eigenvalue weighted by atomic mass is 10.1. The van der Waals surface area contributed by atoms with E-state index in [9.17, 15) is 4.79 Å². The number of nitrogens with zero attached hydrogens (tertiary/aromatic N) is 1. The van der Waals surface area contributed by atoms with E-state index >= 15 is 0 Å². The first-order chi connectivity index (χ1) is 13.0. The van der Waals surface area contributed by atoms with Gasteiger partial charge >= 0.3 is 0 Å². The van der Waals surface area contributed by atoms with Gasteiger partial charge in [-0.1, -0.05) is 13.8 Å². The summed E-state index contributed by atoms with van der Waals surface area (Å²) in [7, 11) is 1.61. The summed E-state index contributed by atoms with van der Waals surface area (Å²) in [6, 6.07) is 16.4. The van der Waals surface area contributed by atoms with E-state index in [4.69, 9.17) is 9.47 Å². The average molecular weight is 365 g/mol. The highest BCUT2D eigenvalue weighted by molar-refractivity contribution is 5.62. The highest BCUT2D eigenvalue weighted by Gasteiger charge is 2.06. The van der Waals surface area contributed by atoms with Crippen LogP contribution in [0.1, 0.15) is 13.8 Å². The van der Waals surface area contributed by atoms with E-state index in [1.807, 2.05) is 48.5 Å². The van der Waals surface area contributed by atoms with E-state index in [-0.39, 0.29) is 5.56 Å². The molecule has 6 nitrogen and oxygen atoms in total. The first-order valence-electron chi connectivity index (χ1n) is 8.79. The molecular formula is C21H23N3O3. The van der Waals surface area contributed by atoms with Crippen LogP contribution < -0.4 is 20.3 Å². The third-order valence-electron chi connectivity index (χ3n) is 3.83. The van der Waals surface area contributed by atoms with E-state index in [1.165, 1.54) is 6.07 Å². The van der Waals surface area contributed by atoms with Gasteiger partial charge in [-0.2, -0.15) is 0 Å². The molecule has 0 unspecified atom stereocenters. The Morgan fingerprint density at radius 3 is 2.33 bits per heavy atom. The van der Waals surface area contributed by atoms with Crippen molar-refractivity contribution in [2.75, 3.05) is 19.0 Å². The van der Waals surface area contributed by atoms with Crippen LogP contribution in [0.4, 0.5) is 11.6 Å². The quantitative estimate of drug-likeness (QED) is 0.655. The number of H-pyrrole nitrogens is 1. The van der Waals surface area contributed by atoms with Crippen molar-refractivity contribution in [1.29, 1.82) is 0 Å². The van der Waals surface area contributed by atoms with Crippen molar-refractivity contribution in [2.24, 2.45) is 5.92 Å². The summed E-state index contributed by atoms with van der Waals surface area (Å²) < 4.78 is 10.8. The Kier molecular flexibility index (Phi) is 5.76. The minimum absolute atomic E-state index is 0.227. The zero-order valence-electron chi connectivity index (χ0n) is 15.7. The van der Waals surface area contributed by atoms with Gasteiger partial charge in [-0.15, -0.1) is 0 Å². The van der Waals surface area contributed by atoms with Gasteiger partial charge in [0.25, 0.3) is 5.56 Å². The average Bonchev–Trinajstić information content (AvgIpc) is 2.67. The summed E-state index contributed by atoms with van der Waals surface area (Å²) in [5.41, 5.74) is 2.00. The first-order valence-corrected chi connectivity index (χ1v) is 8.79. The second-order valence-corrected chi connectivity index (χ2v) is 6.56. The van der Waals surface area contributed by atoms with E-state index in [2.05, 4.69) is 29.1 Å². The van der Waals surface area contributed by atoms with Gasteiger partial charge < -0.3 is 14.8 Å². The van der Waals surface area contributed by atoms with Crippen LogP contribution in [-0.4, -0.2) is 23.7 Å². The first kappa shape index (κ1) is 18.5. The Morgan fingerprint density at radius 2 is 1.70 bits per heavy atom. The molecule has 0 saturated heterocycles. The molecule has 2 N–H and O–H groups in total. The van der Waals surface area contributed by atoms with Crippen molar-refractivity contribution in [3.63, 3.8) is 0 Å². The minimum atomic E-state index is -0.227. The maximum Gasteiger partial charge on any atom is 0.252 e. The van der Waals surface area contributed by atoms with Gasteiger partial charge in [-0.05, 0) is 54.4 Å². The molecule has 1 heterocycles. The smallest absolute Gasteiger partial charge is 0.252 e. The standard InChI is InChI=1S/C21H23N3O3/c1-14(2)13-27-18-10-6-16(7-11-18)22-21-23-19(12-20(25)24-21)15-4-8-17(26-3)9-5-15/h4-12,14H,13H2,1-3H3,(H2,22,23,24,25). The number of aromatic amines is 1. The van der Waals surface area contributed by atoms with Gasteiger partial charge in [-0.3, -0.25) is 9.78 Å². The number of nitrogens with one attached hydrogen (secondary N) is 2. The zero-order chi connectivity index (χ0) is 19.2. The molecule has 1 aromatic heterocycles. The second-order valence-electron chi connectivity index (χ2n) is 6.56. The SMILES string of the molecule is COc1ccc(-c2cc(=O)[nH]c(Nc3ccc(OCC(C)C)cc3)n2)cc1. The Hall–Kier alpha value is -3.28. The number of benzene rings is 2. The van der Waals surface area contributed by atoms with Gasteiger partial charge in [0.2, 0.25) is 5.95 Å². The minimum Gasteiger partial charge on any atom is -0.497 e. The summed E-state index contributed by atoms with van der Waals surface area (Å²) in [5, 5.41) is 3.12. The van der Waals surface area contributed by atoms with Crippen molar-refractivity contribution in [2.45, 2.75) is 13.8 Å². The van der Waals surface area contributed by atoms with Gasteiger partial charge in [0.1, 0.15) is 11.5 Å². The van der Waals surface area contributed by atoms with Crippen molar-refractivity contribution in [3.8, 4) is 22.8 Å². The molecule has 0 amide bonds. The fourth-order valence-corrected chi connectivity index (χ4v) is 2.46. The van der Waals surface area contributed by atoms with Crippen LogP contribution in [0.2, 0.25) is 0 Å². The van der Waals surface area contributed by atoms with Crippen LogP contribution in [0.3, 0.4) is 0 Å². The van der Waals surface area contributed by atoms with Crippen LogP contribution in [0, 0.1) is 5.92 Å². The maximum absolute atomic E-state index is 12.0. The van der Waals surface area contributed by atoms with Crippen molar-refractivity contribution in [3.05, 3.63) is 65.0 Å². The lowest BCUT2D eigenvalue weighted by Crippen LogP contribution is -2.10. The molecule has 3 rings (SSSR count). The Morgan fingerprint density at radius 1 is 1.04 bits per heavy atom. The fraction of sp³-hybridized carbons (Fsp3) is 0.238. The lowest BCUT2D eigenvalue weighted by molar-refractivity contribution is 0.271. The third-order valence-corrected chi connectivity index (χ3v) is 3.83. The summed E-state index contributed by atoms with van der Waals surface area (Å²) in [6.45, 7) is 4.88. The van der Waals surface area contributed by atoms with E-state index in [0.29, 0.717) is 24.2 Å². The monoisotopic (exact) mass is 365 g/mol. The number of methoxy groups -OCH3 is 1. The van der Waals surface area contributed by atoms with Crippen LogP contribution in [0.5, 0.6) is 11.5 Å². The molecule has 3 aromatic rings. The summed E-state index contributed by atoms with van der Waals surface area (Å²) in [6.07, 6.45) is 0. The fourth-order valence-electron chi connectivity index (χ4n) is 2.46. The molecule has 0 aliphatic carbocycles. The number of rotatable bonds is 7. The Labute approximate surface area is 158 Å². The number of hydrogen-bond acceptors (Lipinski definition) is 5. The molecule has 0 saturated carbocycles. The summed E-state index contributed by atoms with van der Waals surface area (Å²) in [5.74, 6) is 2.41. The number of hydrogen-bond donors (Lipinski definition) is 2. The van der Waals surface area contributed by atoms with Crippen LogP contribution in [0.25, 0.3) is 11.3 Å². The maximum atomic E-state index is 12.0. The summed E-state index contributed by atoms with van der Waals surface area (Å²) in [4.78, 5) is 19.2. The van der Waals surface area contributed by atoms with Gasteiger partial charge in [0, 0.05) is 17.3 Å². The molecule has 140 valence electrons. The van der Waals surface area contributed by atoms with Gasteiger partial charge in [0.15, 0.2) is 0 Å². The number of aromatic nitrogens is 2. The molecule has 0 fully saturated rings. The molecular weight excluding hydrogens is 342 g/mol. The van der Waals surface area contributed by atoms with E-state index in [0.717, 1.165) is 22.7 Å². The molecule has 2 aromatic carbocycles. The molecule has 0 aliphatic rings. The predicted molar refractivity (Wildman–Crippen MR) is 107 cm³/mol. The third kappa shape index (κ3) is 5.10. The van der Waals surface area contributed by atoms with Crippen molar-refractivity contribution >= 4 is 11.6 Å². The largest absolute Gasteiger partial charge is 0.497 e. The number of ether oxygens (including phenoxy) is 2. The molecule has 0 atom stereocenters. The molecule has 0 spiro atoms. The molecule has 0 radical (unpaired) electrons. The zero-order valence-corrected chi connectivity index (χ0v) is 15.7. The topological polar surface area (TPSA) is 76.2 Å². The van der Waals surface area contributed by atoms with Gasteiger partial charge in [0.05, 0.1) is 19.4 Å². The van der Waals surface area contributed by atoms with Crippen LogP contribution in [0.15, 0.2) is 59.4 Å². The van der Waals surface area contributed by atoms with E-state index in [1.54, 1.807) is 7.11 Å². The highest BCUT2D eigenvalue weighted by Crippen LogP contribution is 2.22. The van der Waals surface area contributed by atoms with Gasteiger partial charge in [-0.25, -0.2) is 4.98 Å². The Balaban J connectivity index is 1.77. The Bertz CT molecular complexity index is 932. The van der Waals surface area contributed by atoms with Crippen LogP contribution >= 0.6 is 0 Å².